The number of thioether (sulfide) groups is 1. The van der Waals surface area contributed by atoms with Crippen LogP contribution in [-0.4, -0.2) is 23.1 Å². The molecule has 0 heterocycles. The Morgan fingerprint density at radius 3 is 2.36 bits per heavy atom. The van der Waals surface area contributed by atoms with E-state index in [2.05, 4.69) is 46.5 Å². The van der Waals surface area contributed by atoms with E-state index in [9.17, 15) is 0 Å². The molecule has 0 spiro atoms. The molecule has 0 fully saturated rings. The van der Waals surface area contributed by atoms with E-state index >= 15 is 0 Å². The normalized spacial score (nSPS) is 14.1. The van der Waals surface area contributed by atoms with Gasteiger partial charge in [-0.25, -0.2) is 0 Å². The predicted molar refractivity (Wildman–Crippen MR) is 69.1 cm³/mol. The van der Waals surface area contributed by atoms with Crippen LogP contribution in [0.25, 0.3) is 0 Å². The summed E-state index contributed by atoms with van der Waals surface area (Å²) < 4.78 is 0.349. The number of nitrogens with one attached hydrogen (secondary N) is 1. The molecule has 0 saturated heterocycles. The Labute approximate surface area is 93.7 Å². The van der Waals surface area contributed by atoms with E-state index in [4.69, 9.17) is 0 Å². The smallest absolute Gasteiger partial charge is 0.0365 e. The maximum Gasteiger partial charge on any atom is 0.0365 e. The largest absolute Gasteiger partial charge is 0.310 e. The zero-order valence-electron chi connectivity index (χ0n) is 10.3. The van der Waals surface area contributed by atoms with E-state index in [0.717, 1.165) is 12.3 Å². The molecule has 0 radical (unpaired) electrons. The van der Waals surface area contributed by atoms with Gasteiger partial charge in [-0.2, -0.15) is 11.8 Å². The van der Waals surface area contributed by atoms with Crippen molar-refractivity contribution in [1.29, 1.82) is 0 Å². The van der Waals surface area contributed by atoms with Crippen LogP contribution in [0.1, 0.15) is 41.0 Å². The molecule has 0 bridgehead atoms. The van der Waals surface area contributed by atoms with Crippen LogP contribution in [0.3, 0.4) is 0 Å². The Kier molecular flexibility index (Phi) is 6.54. The van der Waals surface area contributed by atoms with Crippen molar-refractivity contribution in [3.05, 3.63) is 12.2 Å². The molecule has 2 heteroatoms. The van der Waals surface area contributed by atoms with E-state index < -0.39 is 0 Å². The fourth-order valence-corrected chi connectivity index (χ4v) is 2.10. The zero-order valence-corrected chi connectivity index (χ0v) is 11.1. The molecule has 0 aromatic rings. The Balaban J connectivity index is 3.91. The fourth-order valence-electron chi connectivity index (χ4n) is 1.03. The SMILES string of the molecule is C=C(C)C(CSC(C)(C)C)NCCC. The molecule has 1 N–H and O–H groups in total. The molecule has 0 rings (SSSR count). The van der Waals surface area contributed by atoms with E-state index in [1.807, 2.05) is 11.8 Å². The third-order valence-electron chi connectivity index (χ3n) is 1.92. The van der Waals surface area contributed by atoms with Crippen molar-refractivity contribution in [2.75, 3.05) is 12.3 Å². The van der Waals surface area contributed by atoms with Crippen molar-refractivity contribution in [2.45, 2.75) is 51.8 Å². The summed E-state index contributed by atoms with van der Waals surface area (Å²) in [5, 5.41) is 3.52. The van der Waals surface area contributed by atoms with Gasteiger partial charge < -0.3 is 5.32 Å². The van der Waals surface area contributed by atoms with Crippen molar-refractivity contribution in [3.63, 3.8) is 0 Å². The van der Waals surface area contributed by atoms with Crippen molar-refractivity contribution < 1.29 is 0 Å². The molecule has 14 heavy (non-hydrogen) atoms. The number of hydrogen-bond donors (Lipinski definition) is 1. The minimum Gasteiger partial charge on any atom is -0.310 e. The van der Waals surface area contributed by atoms with Crippen molar-refractivity contribution in [3.8, 4) is 0 Å². The van der Waals surface area contributed by atoms with Crippen molar-refractivity contribution >= 4 is 11.8 Å². The summed E-state index contributed by atoms with van der Waals surface area (Å²) >= 11 is 2.00. The molecule has 0 aliphatic carbocycles. The lowest BCUT2D eigenvalue weighted by Crippen LogP contribution is -2.34. The van der Waals surface area contributed by atoms with Crippen LogP contribution < -0.4 is 5.32 Å². The third-order valence-corrected chi connectivity index (χ3v) is 3.28. The van der Waals surface area contributed by atoms with Crippen LogP contribution in [0.15, 0.2) is 12.2 Å². The van der Waals surface area contributed by atoms with Crippen molar-refractivity contribution in [2.24, 2.45) is 0 Å². The first-order valence-corrected chi connectivity index (χ1v) is 6.38. The quantitative estimate of drug-likeness (QED) is 0.681. The highest BCUT2D eigenvalue weighted by atomic mass is 32.2. The second kappa shape index (κ2) is 6.52. The Morgan fingerprint density at radius 1 is 1.43 bits per heavy atom. The summed E-state index contributed by atoms with van der Waals surface area (Å²) in [6.45, 7) is 16.2. The highest BCUT2D eigenvalue weighted by Gasteiger charge is 2.15. The molecule has 0 aliphatic heterocycles. The molecule has 1 atom stereocenters. The molecule has 0 aromatic carbocycles. The van der Waals surface area contributed by atoms with Crippen molar-refractivity contribution in [1.82, 2.24) is 5.32 Å². The molecule has 0 aromatic heterocycles. The molecular formula is C12H25NS. The summed E-state index contributed by atoms with van der Waals surface area (Å²) in [5.41, 5.74) is 1.25. The Morgan fingerprint density at radius 2 is 2.00 bits per heavy atom. The molecule has 0 amide bonds. The van der Waals surface area contributed by atoms with Crippen LogP contribution in [-0.2, 0) is 0 Å². The van der Waals surface area contributed by atoms with Crippen LogP contribution >= 0.6 is 11.8 Å². The van der Waals surface area contributed by atoms with Gasteiger partial charge in [0.15, 0.2) is 0 Å². The maximum atomic E-state index is 4.03. The first kappa shape index (κ1) is 14.1. The van der Waals surface area contributed by atoms with E-state index in [1.54, 1.807) is 0 Å². The fraction of sp³-hybridized carbons (Fsp3) is 0.833. The van der Waals surface area contributed by atoms with Gasteiger partial charge in [0.25, 0.3) is 0 Å². The van der Waals surface area contributed by atoms with Crippen LogP contribution in [0.4, 0.5) is 0 Å². The van der Waals surface area contributed by atoms with Gasteiger partial charge in [0, 0.05) is 16.5 Å². The first-order chi connectivity index (χ1) is 6.37. The maximum absolute atomic E-state index is 4.03. The lowest BCUT2D eigenvalue weighted by atomic mass is 10.2. The van der Waals surface area contributed by atoms with Gasteiger partial charge in [-0.15, -0.1) is 0 Å². The van der Waals surface area contributed by atoms with Crippen LogP contribution in [0.5, 0.6) is 0 Å². The first-order valence-electron chi connectivity index (χ1n) is 5.39. The zero-order chi connectivity index (χ0) is 11.2. The Bertz CT molecular complexity index is 170. The van der Waals surface area contributed by atoms with E-state index in [0.29, 0.717) is 10.8 Å². The number of rotatable bonds is 6. The van der Waals surface area contributed by atoms with Gasteiger partial charge in [-0.05, 0) is 19.9 Å². The van der Waals surface area contributed by atoms with Gasteiger partial charge in [0.1, 0.15) is 0 Å². The third kappa shape index (κ3) is 7.45. The minimum atomic E-state index is 0.349. The second-order valence-electron chi connectivity index (χ2n) is 4.78. The molecule has 1 unspecified atom stereocenters. The van der Waals surface area contributed by atoms with Crippen LogP contribution in [0.2, 0.25) is 0 Å². The summed E-state index contributed by atoms with van der Waals surface area (Å²) in [7, 11) is 0. The lowest BCUT2D eigenvalue weighted by Gasteiger charge is -2.24. The van der Waals surface area contributed by atoms with Gasteiger partial charge in [-0.3, -0.25) is 0 Å². The monoisotopic (exact) mass is 215 g/mol. The van der Waals surface area contributed by atoms with Gasteiger partial charge >= 0.3 is 0 Å². The Hall–Kier alpha value is 0.0500. The standard InChI is InChI=1S/C12H25NS/c1-7-8-13-11(10(2)3)9-14-12(4,5)6/h11,13H,2,7-9H2,1,3-6H3. The highest BCUT2D eigenvalue weighted by Crippen LogP contribution is 2.24. The highest BCUT2D eigenvalue weighted by molar-refractivity contribution is 8.00. The molecule has 0 saturated carbocycles. The predicted octanol–water partition coefficient (Wildman–Crippen LogP) is 3.46. The summed E-state index contributed by atoms with van der Waals surface area (Å²) in [5.74, 6) is 1.12. The van der Waals surface area contributed by atoms with Gasteiger partial charge in [-0.1, -0.05) is 39.8 Å². The summed E-state index contributed by atoms with van der Waals surface area (Å²) in [6, 6.07) is 0.471. The number of hydrogen-bond acceptors (Lipinski definition) is 2. The summed E-state index contributed by atoms with van der Waals surface area (Å²) in [6.07, 6.45) is 1.18. The van der Waals surface area contributed by atoms with Crippen LogP contribution in [0, 0.1) is 0 Å². The molecule has 1 nitrogen and oxygen atoms in total. The average molecular weight is 215 g/mol. The van der Waals surface area contributed by atoms with E-state index in [-0.39, 0.29) is 0 Å². The lowest BCUT2D eigenvalue weighted by molar-refractivity contribution is 0.607. The molecular weight excluding hydrogens is 190 g/mol. The summed E-state index contributed by atoms with van der Waals surface area (Å²) in [4.78, 5) is 0. The topological polar surface area (TPSA) is 12.0 Å². The van der Waals surface area contributed by atoms with Gasteiger partial charge in [0.2, 0.25) is 0 Å². The minimum absolute atomic E-state index is 0.349. The van der Waals surface area contributed by atoms with Gasteiger partial charge in [0.05, 0.1) is 0 Å². The average Bonchev–Trinajstić information content (AvgIpc) is 2.01. The van der Waals surface area contributed by atoms with E-state index in [1.165, 1.54) is 12.0 Å². The second-order valence-corrected chi connectivity index (χ2v) is 6.62. The molecule has 84 valence electrons. The molecule has 0 aliphatic rings.